The molecule has 8 heteroatoms. The van der Waals surface area contributed by atoms with E-state index in [1.54, 1.807) is 31.4 Å². The smallest absolute Gasteiger partial charge is 0.278 e. The lowest BCUT2D eigenvalue weighted by molar-refractivity contribution is 0.102. The number of rotatable bonds is 4. The predicted molar refractivity (Wildman–Crippen MR) is 109 cm³/mol. The number of hydrogen-bond donors (Lipinski definition) is 1. The number of methoxy groups -OCH3 is 1. The van der Waals surface area contributed by atoms with Crippen molar-refractivity contribution in [2.45, 2.75) is 0 Å². The third-order valence-corrected chi connectivity index (χ3v) is 5.04. The van der Waals surface area contributed by atoms with Gasteiger partial charge in [-0.2, -0.15) is 5.10 Å². The van der Waals surface area contributed by atoms with Crippen LogP contribution in [0, 0.1) is 0 Å². The van der Waals surface area contributed by atoms with Gasteiger partial charge in [0.1, 0.15) is 5.75 Å². The molecular weight excluding hydrogens is 376 g/mol. The van der Waals surface area contributed by atoms with Gasteiger partial charge in [0.15, 0.2) is 10.8 Å². The summed E-state index contributed by atoms with van der Waals surface area (Å²) in [4.78, 5) is 29.5. The lowest BCUT2D eigenvalue weighted by Crippen LogP contribution is -2.25. The summed E-state index contributed by atoms with van der Waals surface area (Å²) in [7, 11) is 3.12. The molecule has 28 heavy (non-hydrogen) atoms. The number of hydrogen-bond acceptors (Lipinski definition) is 6. The first-order chi connectivity index (χ1) is 13.6. The van der Waals surface area contributed by atoms with Gasteiger partial charge in [-0.1, -0.05) is 30.3 Å². The Kier molecular flexibility index (Phi) is 4.62. The fraction of sp³-hybridized carbons (Fsp3) is 0.100. The molecule has 2 aromatic heterocycles. The third-order valence-electron chi connectivity index (χ3n) is 4.28. The molecule has 0 aliphatic heterocycles. The van der Waals surface area contributed by atoms with E-state index in [0.717, 1.165) is 5.56 Å². The fourth-order valence-electron chi connectivity index (χ4n) is 2.93. The number of thiazole rings is 1. The molecule has 0 unspecified atom stereocenters. The fourth-order valence-corrected chi connectivity index (χ4v) is 3.64. The van der Waals surface area contributed by atoms with E-state index in [9.17, 15) is 9.59 Å². The average molecular weight is 392 g/mol. The van der Waals surface area contributed by atoms with Crippen LogP contribution >= 0.6 is 11.3 Å². The van der Waals surface area contributed by atoms with Crippen molar-refractivity contribution in [1.82, 2.24) is 14.8 Å². The molecule has 2 heterocycles. The van der Waals surface area contributed by atoms with Crippen LogP contribution in [0.3, 0.4) is 0 Å². The van der Waals surface area contributed by atoms with Gasteiger partial charge >= 0.3 is 0 Å². The largest absolute Gasteiger partial charge is 0.496 e. The van der Waals surface area contributed by atoms with Crippen LogP contribution in [-0.4, -0.2) is 27.8 Å². The lowest BCUT2D eigenvalue weighted by Gasteiger charge is -2.07. The molecule has 0 aliphatic carbocycles. The monoisotopic (exact) mass is 392 g/mol. The minimum atomic E-state index is -0.423. The molecule has 2 aromatic carbocycles. The Morgan fingerprint density at radius 1 is 1.11 bits per heavy atom. The quantitative estimate of drug-likeness (QED) is 0.576. The maximum atomic E-state index is 12.8. The molecule has 0 aliphatic rings. The summed E-state index contributed by atoms with van der Waals surface area (Å²) >= 11 is 1.30. The minimum Gasteiger partial charge on any atom is -0.496 e. The third kappa shape index (κ3) is 3.14. The molecule has 1 N–H and O–H groups in total. The number of fused-ring (bicyclic) bond motifs is 1. The summed E-state index contributed by atoms with van der Waals surface area (Å²) in [6.07, 6.45) is 0. The normalized spacial score (nSPS) is 10.8. The molecule has 0 atom stereocenters. The van der Waals surface area contributed by atoms with E-state index in [4.69, 9.17) is 4.74 Å². The molecule has 0 saturated heterocycles. The highest BCUT2D eigenvalue weighted by Gasteiger charge is 2.17. The summed E-state index contributed by atoms with van der Waals surface area (Å²) in [5.41, 5.74) is 1.47. The highest BCUT2D eigenvalue weighted by Crippen LogP contribution is 2.32. The number of amides is 1. The molecule has 7 nitrogen and oxygen atoms in total. The van der Waals surface area contributed by atoms with E-state index in [0.29, 0.717) is 27.3 Å². The maximum Gasteiger partial charge on any atom is 0.278 e. The van der Waals surface area contributed by atoms with Crippen molar-refractivity contribution in [2.75, 3.05) is 12.4 Å². The molecule has 140 valence electrons. The highest BCUT2D eigenvalue weighted by atomic mass is 32.1. The van der Waals surface area contributed by atoms with E-state index in [1.807, 2.05) is 29.6 Å². The van der Waals surface area contributed by atoms with Gasteiger partial charge in [-0.25, -0.2) is 9.67 Å². The van der Waals surface area contributed by atoms with E-state index < -0.39 is 5.91 Å². The van der Waals surface area contributed by atoms with Gasteiger partial charge in [-0.05, 0) is 18.2 Å². The van der Waals surface area contributed by atoms with Gasteiger partial charge in [-0.3, -0.25) is 14.9 Å². The topological polar surface area (TPSA) is 86.1 Å². The number of anilines is 1. The van der Waals surface area contributed by atoms with Crippen molar-refractivity contribution < 1.29 is 9.53 Å². The number of benzene rings is 2. The van der Waals surface area contributed by atoms with E-state index >= 15 is 0 Å². The number of carbonyl (C=O) groups excluding carboxylic acids is 1. The lowest BCUT2D eigenvalue weighted by atomic mass is 10.1. The van der Waals surface area contributed by atoms with Crippen LogP contribution in [-0.2, 0) is 7.05 Å². The maximum absolute atomic E-state index is 12.8. The van der Waals surface area contributed by atoms with Crippen LogP contribution in [0.2, 0.25) is 0 Å². The second kappa shape index (κ2) is 7.24. The number of ether oxygens (including phenoxy) is 1. The highest BCUT2D eigenvalue weighted by molar-refractivity contribution is 7.14. The summed E-state index contributed by atoms with van der Waals surface area (Å²) in [6.45, 7) is 0. The summed E-state index contributed by atoms with van der Waals surface area (Å²) in [6, 6.07) is 14.5. The van der Waals surface area contributed by atoms with Crippen molar-refractivity contribution in [1.29, 1.82) is 0 Å². The van der Waals surface area contributed by atoms with Crippen LogP contribution < -0.4 is 15.6 Å². The predicted octanol–water partition coefficient (Wildman–Crippen LogP) is 3.32. The van der Waals surface area contributed by atoms with Gasteiger partial charge in [-0.15, -0.1) is 11.3 Å². The van der Waals surface area contributed by atoms with Gasteiger partial charge in [0.25, 0.3) is 11.5 Å². The number of aromatic nitrogens is 3. The molecule has 4 aromatic rings. The Morgan fingerprint density at radius 3 is 2.61 bits per heavy atom. The molecule has 1 amide bonds. The van der Waals surface area contributed by atoms with Crippen LogP contribution in [0.15, 0.2) is 58.7 Å². The van der Waals surface area contributed by atoms with Crippen molar-refractivity contribution in [3.8, 4) is 17.0 Å². The Balaban J connectivity index is 1.67. The van der Waals surface area contributed by atoms with Crippen LogP contribution in [0.1, 0.15) is 10.5 Å². The molecule has 0 spiro atoms. The second-order valence-corrected chi connectivity index (χ2v) is 6.87. The molecule has 0 fully saturated rings. The Labute approximate surface area is 164 Å². The zero-order valence-corrected chi connectivity index (χ0v) is 16.0. The van der Waals surface area contributed by atoms with E-state index in [-0.39, 0.29) is 11.3 Å². The van der Waals surface area contributed by atoms with Gasteiger partial charge in [0.05, 0.1) is 18.2 Å². The number of nitrogens with one attached hydrogen (secondary N) is 1. The van der Waals surface area contributed by atoms with Gasteiger partial charge in [0, 0.05) is 23.4 Å². The zero-order chi connectivity index (χ0) is 19.7. The summed E-state index contributed by atoms with van der Waals surface area (Å²) in [5.74, 6) is 0.282. The Hall–Kier alpha value is -3.52. The molecule has 0 saturated carbocycles. The average Bonchev–Trinajstić information content (AvgIpc) is 3.18. The second-order valence-electron chi connectivity index (χ2n) is 6.02. The van der Waals surface area contributed by atoms with Crippen molar-refractivity contribution in [3.05, 3.63) is 70.0 Å². The number of carbonyl (C=O) groups is 1. The molecule has 0 bridgehead atoms. The van der Waals surface area contributed by atoms with E-state index in [1.165, 1.54) is 23.1 Å². The number of aryl methyl sites for hydroxylation is 1. The number of nitrogens with zero attached hydrogens (tertiary/aromatic N) is 3. The van der Waals surface area contributed by atoms with Crippen LogP contribution in [0.5, 0.6) is 5.75 Å². The summed E-state index contributed by atoms with van der Waals surface area (Å²) < 4.78 is 6.53. The summed E-state index contributed by atoms with van der Waals surface area (Å²) in [5, 5.41) is 10.1. The van der Waals surface area contributed by atoms with Crippen molar-refractivity contribution >= 4 is 33.1 Å². The molecular formula is C20H16N4O3S. The van der Waals surface area contributed by atoms with Crippen molar-refractivity contribution in [3.63, 3.8) is 0 Å². The van der Waals surface area contributed by atoms with Gasteiger partial charge in [0.2, 0.25) is 0 Å². The van der Waals surface area contributed by atoms with Crippen LogP contribution in [0.4, 0.5) is 5.13 Å². The first-order valence-corrected chi connectivity index (χ1v) is 9.33. The first kappa shape index (κ1) is 17.9. The first-order valence-electron chi connectivity index (χ1n) is 8.45. The zero-order valence-electron chi connectivity index (χ0n) is 15.2. The Morgan fingerprint density at radius 2 is 1.82 bits per heavy atom. The van der Waals surface area contributed by atoms with Crippen LogP contribution in [0.25, 0.3) is 22.0 Å². The minimum absolute atomic E-state index is 0.173. The van der Waals surface area contributed by atoms with Gasteiger partial charge < -0.3 is 4.74 Å². The van der Waals surface area contributed by atoms with Crippen molar-refractivity contribution in [2.24, 2.45) is 7.05 Å². The van der Waals surface area contributed by atoms with E-state index in [2.05, 4.69) is 15.4 Å². The Bertz CT molecular complexity index is 1250. The SMILES string of the molecule is COc1ccccc1-c1csc(NC(=O)c2nn(C)c(=O)c3ccccc23)n1. The molecule has 0 radical (unpaired) electrons. The number of para-hydroxylation sites is 1. The molecule has 4 rings (SSSR count). The standard InChI is InChI=1S/C20H16N4O3S/c1-24-19(26)13-8-4-3-7-12(13)17(23-24)18(25)22-20-21-15(11-28-20)14-9-5-6-10-16(14)27-2/h3-11H,1-2H3,(H,21,22,25).